The second-order valence-corrected chi connectivity index (χ2v) is 3.63. The van der Waals surface area contributed by atoms with Crippen molar-refractivity contribution in [2.24, 2.45) is 7.05 Å². The molecular formula is C10H19N5O2. The van der Waals surface area contributed by atoms with Crippen LogP contribution in [-0.2, 0) is 23.0 Å². The van der Waals surface area contributed by atoms with E-state index in [2.05, 4.69) is 20.8 Å². The molecule has 0 aliphatic carbocycles. The van der Waals surface area contributed by atoms with E-state index in [1.165, 1.54) is 0 Å². The number of ether oxygens (including phenoxy) is 1. The summed E-state index contributed by atoms with van der Waals surface area (Å²) >= 11 is 0. The maximum Gasteiger partial charge on any atom is 0.233 e. The van der Waals surface area contributed by atoms with Crippen molar-refractivity contribution in [1.82, 2.24) is 25.4 Å². The summed E-state index contributed by atoms with van der Waals surface area (Å²) < 4.78 is 6.69. The van der Waals surface area contributed by atoms with Gasteiger partial charge in [0.25, 0.3) is 0 Å². The van der Waals surface area contributed by atoms with E-state index in [1.807, 2.05) is 11.6 Å². The number of aromatic nitrogens is 3. The molecule has 1 heterocycles. The van der Waals surface area contributed by atoms with Gasteiger partial charge in [0.1, 0.15) is 12.2 Å². The minimum Gasteiger partial charge on any atom is -0.383 e. The lowest BCUT2D eigenvalue weighted by molar-refractivity contribution is -0.120. The monoisotopic (exact) mass is 241 g/mol. The first-order valence-electron chi connectivity index (χ1n) is 5.53. The number of carbonyl (C=O) groups is 1. The number of carbonyl (C=O) groups excluding carboxylic acids is 1. The van der Waals surface area contributed by atoms with E-state index in [0.717, 1.165) is 5.82 Å². The molecule has 0 aliphatic heterocycles. The molecule has 1 rings (SSSR count). The third-order valence-electron chi connectivity index (χ3n) is 2.24. The molecule has 17 heavy (non-hydrogen) atoms. The first kappa shape index (κ1) is 13.6. The van der Waals surface area contributed by atoms with Crippen molar-refractivity contribution in [2.45, 2.75) is 6.42 Å². The lowest BCUT2D eigenvalue weighted by Gasteiger charge is -2.06. The van der Waals surface area contributed by atoms with E-state index in [0.29, 0.717) is 32.7 Å². The summed E-state index contributed by atoms with van der Waals surface area (Å²) in [5, 5.41) is 13.5. The van der Waals surface area contributed by atoms with Crippen molar-refractivity contribution in [3.8, 4) is 0 Å². The summed E-state index contributed by atoms with van der Waals surface area (Å²) in [4.78, 5) is 11.4. The van der Waals surface area contributed by atoms with Crippen molar-refractivity contribution in [2.75, 3.05) is 33.4 Å². The number of nitrogens with one attached hydrogen (secondary N) is 2. The van der Waals surface area contributed by atoms with Crippen LogP contribution in [0.3, 0.4) is 0 Å². The SMILES string of the molecule is COCCNCC(=O)NCCc1nncn1C. The summed E-state index contributed by atoms with van der Waals surface area (Å²) in [7, 11) is 3.51. The molecule has 0 fully saturated rings. The van der Waals surface area contributed by atoms with Gasteiger partial charge in [0.2, 0.25) is 5.91 Å². The highest BCUT2D eigenvalue weighted by Gasteiger charge is 2.02. The topological polar surface area (TPSA) is 81.1 Å². The van der Waals surface area contributed by atoms with Gasteiger partial charge < -0.3 is 19.9 Å². The predicted octanol–water partition coefficient (Wildman–Crippen LogP) is -1.29. The van der Waals surface area contributed by atoms with Crippen LogP contribution in [0.15, 0.2) is 6.33 Å². The van der Waals surface area contributed by atoms with Crippen LogP contribution in [0.4, 0.5) is 0 Å². The molecule has 0 bridgehead atoms. The molecule has 0 saturated carbocycles. The van der Waals surface area contributed by atoms with Gasteiger partial charge in [-0.1, -0.05) is 0 Å². The van der Waals surface area contributed by atoms with Crippen LogP contribution < -0.4 is 10.6 Å². The number of hydrogen-bond donors (Lipinski definition) is 2. The fourth-order valence-corrected chi connectivity index (χ4v) is 1.29. The first-order chi connectivity index (χ1) is 8.24. The molecule has 1 aromatic rings. The van der Waals surface area contributed by atoms with Crippen LogP contribution in [0.2, 0.25) is 0 Å². The van der Waals surface area contributed by atoms with Crippen LogP contribution in [0.1, 0.15) is 5.82 Å². The van der Waals surface area contributed by atoms with Crippen molar-refractivity contribution >= 4 is 5.91 Å². The Hall–Kier alpha value is -1.47. The molecule has 0 atom stereocenters. The number of nitrogens with zero attached hydrogens (tertiary/aromatic N) is 3. The zero-order valence-electron chi connectivity index (χ0n) is 10.3. The highest BCUT2D eigenvalue weighted by Crippen LogP contribution is 1.90. The van der Waals surface area contributed by atoms with Crippen LogP contribution in [-0.4, -0.2) is 54.0 Å². The van der Waals surface area contributed by atoms with Crippen LogP contribution in [0, 0.1) is 0 Å². The molecule has 0 aliphatic rings. The fraction of sp³-hybridized carbons (Fsp3) is 0.700. The quantitative estimate of drug-likeness (QED) is 0.553. The number of amides is 1. The predicted molar refractivity (Wildman–Crippen MR) is 62.5 cm³/mol. The standard InChI is InChI=1S/C10H19N5O2/c1-15-8-13-14-9(15)3-4-12-10(16)7-11-5-6-17-2/h8,11H,3-7H2,1-2H3,(H,12,16). The maximum absolute atomic E-state index is 11.4. The normalized spacial score (nSPS) is 10.5. The third kappa shape index (κ3) is 5.41. The number of hydrogen-bond acceptors (Lipinski definition) is 5. The second-order valence-electron chi connectivity index (χ2n) is 3.63. The average molecular weight is 241 g/mol. The smallest absolute Gasteiger partial charge is 0.233 e. The molecule has 0 spiro atoms. The number of rotatable bonds is 8. The minimum absolute atomic E-state index is 0.0247. The van der Waals surface area contributed by atoms with Gasteiger partial charge in [0.05, 0.1) is 13.2 Å². The molecule has 1 amide bonds. The molecule has 96 valence electrons. The Kier molecular flexibility index (Phi) is 6.19. The molecule has 7 nitrogen and oxygen atoms in total. The van der Waals surface area contributed by atoms with Gasteiger partial charge in [-0.2, -0.15) is 0 Å². The number of aryl methyl sites for hydroxylation is 1. The molecule has 2 N–H and O–H groups in total. The van der Waals surface area contributed by atoms with Crippen molar-refractivity contribution in [3.05, 3.63) is 12.2 Å². The largest absolute Gasteiger partial charge is 0.383 e. The Bertz CT molecular complexity index is 339. The van der Waals surface area contributed by atoms with Gasteiger partial charge in [-0.3, -0.25) is 4.79 Å². The summed E-state index contributed by atoms with van der Waals surface area (Å²) in [6, 6.07) is 0. The zero-order chi connectivity index (χ0) is 12.5. The van der Waals surface area contributed by atoms with Crippen LogP contribution >= 0.6 is 0 Å². The van der Waals surface area contributed by atoms with E-state index >= 15 is 0 Å². The molecule has 0 saturated heterocycles. The number of methoxy groups -OCH3 is 1. The lowest BCUT2D eigenvalue weighted by Crippen LogP contribution is -2.36. The summed E-state index contributed by atoms with van der Waals surface area (Å²) in [5.41, 5.74) is 0. The van der Waals surface area contributed by atoms with Crippen molar-refractivity contribution in [3.63, 3.8) is 0 Å². The molecule has 0 radical (unpaired) electrons. The van der Waals surface area contributed by atoms with E-state index in [-0.39, 0.29) is 5.91 Å². The average Bonchev–Trinajstić information content (AvgIpc) is 2.71. The van der Waals surface area contributed by atoms with Crippen LogP contribution in [0.25, 0.3) is 0 Å². The van der Waals surface area contributed by atoms with Gasteiger partial charge >= 0.3 is 0 Å². The first-order valence-corrected chi connectivity index (χ1v) is 5.53. The van der Waals surface area contributed by atoms with Crippen molar-refractivity contribution < 1.29 is 9.53 Å². The lowest BCUT2D eigenvalue weighted by atomic mass is 10.4. The summed E-state index contributed by atoms with van der Waals surface area (Å²) in [6.45, 7) is 2.15. The second kappa shape index (κ2) is 7.75. The Balaban J connectivity index is 2.06. The van der Waals surface area contributed by atoms with Gasteiger partial charge in [0.15, 0.2) is 0 Å². The van der Waals surface area contributed by atoms with Crippen LogP contribution in [0.5, 0.6) is 0 Å². The molecular weight excluding hydrogens is 222 g/mol. The van der Waals surface area contributed by atoms with E-state index in [1.54, 1.807) is 13.4 Å². The maximum atomic E-state index is 11.4. The van der Waals surface area contributed by atoms with Gasteiger partial charge in [-0.25, -0.2) is 0 Å². The molecule has 0 aromatic carbocycles. The Morgan fingerprint density at radius 3 is 3.00 bits per heavy atom. The fourth-order valence-electron chi connectivity index (χ4n) is 1.29. The highest BCUT2D eigenvalue weighted by molar-refractivity contribution is 5.77. The molecule has 7 heteroatoms. The Morgan fingerprint density at radius 2 is 2.35 bits per heavy atom. The highest BCUT2D eigenvalue weighted by atomic mass is 16.5. The minimum atomic E-state index is -0.0247. The summed E-state index contributed by atoms with van der Waals surface area (Å²) in [5.74, 6) is 0.834. The van der Waals surface area contributed by atoms with Crippen molar-refractivity contribution in [1.29, 1.82) is 0 Å². The third-order valence-corrected chi connectivity index (χ3v) is 2.24. The van der Waals surface area contributed by atoms with E-state index < -0.39 is 0 Å². The molecule has 1 aromatic heterocycles. The Labute approximate surface area is 101 Å². The van der Waals surface area contributed by atoms with Gasteiger partial charge in [-0.15, -0.1) is 10.2 Å². The zero-order valence-corrected chi connectivity index (χ0v) is 10.3. The molecule has 0 unspecified atom stereocenters. The summed E-state index contributed by atoms with van der Waals surface area (Å²) in [6.07, 6.45) is 2.32. The Morgan fingerprint density at radius 1 is 1.53 bits per heavy atom. The van der Waals surface area contributed by atoms with Gasteiger partial charge in [0, 0.05) is 33.7 Å². The van der Waals surface area contributed by atoms with Gasteiger partial charge in [-0.05, 0) is 0 Å². The van der Waals surface area contributed by atoms with E-state index in [9.17, 15) is 4.79 Å². The van der Waals surface area contributed by atoms with E-state index in [4.69, 9.17) is 4.74 Å².